The summed E-state index contributed by atoms with van der Waals surface area (Å²) in [5.74, 6) is -0.240. The standard InChI is InChI=1S/C13H14ClFN2S/c1-17(11-4-2-10(15)3-5-11)12(7-16)13-6-9(14)8-18-13/h2-6,8,12H,7,16H2,1H3. The van der Waals surface area contributed by atoms with Crippen molar-refractivity contribution in [1.29, 1.82) is 0 Å². The summed E-state index contributed by atoms with van der Waals surface area (Å²) in [5.41, 5.74) is 6.76. The fraction of sp³-hybridized carbons (Fsp3) is 0.231. The van der Waals surface area contributed by atoms with E-state index < -0.39 is 0 Å². The minimum absolute atomic E-state index is 0.0490. The maximum Gasteiger partial charge on any atom is 0.123 e. The summed E-state index contributed by atoms with van der Waals surface area (Å²) in [4.78, 5) is 3.14. The molecule has 2 rings (SSSR count). The molecule has 96 valence electrons. The molecule has 1 unspecified atom stereocenters. The Morgan fingerprint density at radius 1 is 1.39 bits per heavy atom. The third-order valence-electron chi connectivity index (χ3n) is 2.84. The monoisotopic (exact) mass is 284 g/mol. The molecule has 0 amide bonds. The van der Waals surface area contributed by atoms with Crippen LogP contribution in [0.1, 0.15) is 10.9 Å². The number of benzene rings is 1. The number of rotatable bonds is 4. The number of hydrogen-bond acceptors (Lipinski definition) is 3. The molecule has 0 fully saturated rings. The molecule has 18 heavy (non-hydrogen) atoms. The topological polar surface area (TPSA) is 29.3 Å². The van der Waals surface area contributed by atoms with Gasteiger partial charge in [-0.15, -0.1) is 11.3 Å². The average Bonchev–Trinajstić information content (AvgIpc) is 2.77. The molecule has 2 N–H and O–H groups in total. The Balaban J connectivity index is 2.25. The van der Waals surface area contributed by atoms with Crippen molar-refractivity contribution in [3.63, 3.8) is 0 Å². The summed E-state index contributed by atoms with van der Waals surface area (Å²) in [7, 11) is 1.94. The minimum Gasteiger partial charge on any atom is -0.365 e. The Labute approximate surface area is 115 Å². The molecule has 0 radical (unpaired) electrons. The number of anilines is 1. The van der Waals surface area contributed by atoms with Crippen LogP contribution >= 0.6 is 22.9 Å². The van der Waals surface area contributed by atoms with Crippen LogP contribution in [0.25, 0.3) is 0 Å². The Bertz CT molecular complexity index is 512. The number of hydrogen-bond donors (Lipinski definition) is 1. The van der Waals surface area contributed by atoms with Crippen LogP contribution in [0.15, 0.2) is 35.7 Å². The van der Waals surface area contributed by atoms with Gasteiger partial charge < -0.3 is 10.6 Å². The lowest BCUT2D eigenvalue weighted by molar-refractivity contribution is 0.626. The molecule has 2 aromatic rings. The molecule has 1 atom stereocenters. The van der Waals surface area contributed by atoms with Gasteiger partial charge in [0.1, 0.15) is 5.82 Å². The Hall–Kier alpha value is -1.10. The number of nitrogens with two attached hydrogens (primary N) is 1. The van der Waals surface area contributed by atoms with E-state index in [9.17, 15) is 4.39 Å². The van der Waals surface area contributed by atoms with Crippen LogP contribution < -0.4 is 10.6 Å². The zero-order valence-electron chi connectivity index (χ0n) is 9.94. The van der Waals surface area contributed by atoms with Gasteiger partial charge in [-0.1, -0.05) is 11.6 Å². The first-order valence-corrected chi connectivity index (χ1v) is 6.80. The lowest BCUT2D eigenvalue weighted by Gasteiger charge is -2.28. The Morgan fingerprint density at radius 3 is 2.56 bits per heavy atom. The molecule has 1 aromatic heterocycles. The normalized spacial score (nSPS) is 12.4. The SMILES string of the molecule is CN(c1ccc(F)cc1)C(CN)c1cc(Cl)cs1. The molecule has 0 saturated carbocycles. The van der Waals surface area contributed by atoms with E-state index in [1.54, 1.807) is 23.5 Å². The Morgan fingerprint density at radius 2 is 2.06 bits per heavy atom. The second-order valence-electron chi connectivity index (χ2n) is 4.01. The zero-order valence-corrected chi connectivity index (χ0v) is 11.5. The molecule has 0 aliphatic heterocycles. The van der Waals surface area contributed by atoms with Gasteiger partial charge in [0.05, 0.1) is 11.1 Å². The molecular formula is C13H14ClFN2S. The van der Waals surface area contributed by atoms with E-state index in [4.69, 9.17) is 17.3 Å². The van der Waals surface area contributed by atoms with Gasteiger partial charge in [0.25, 0.3) is 0 Å². The van der Waals surface area contributed by atoms with Crippen LogP contribution in [0.3, 0.4) is 0 Å². The predicted molar refractivity (Wildman–Crippen MR) is 75.9 cm³/mol. The van der Waals surface area contributed by atoms with E-state index in [1.807, 2.05) is 23.4 Å². The van der Waals surface area contributed by atoms with Crippen molar-refractivity contribution in [2.75, 3.05) is 18.5 Å². The first-order valence-electron chi connectivity index (χ1n) is 5.54. The highest BCUT2D eigenvalue weighted by molar-refractivity contribution is 7.10. The number of halogens is 2. The number of nitrogens with zero attached hydrogens (tertiary/aromatic N) is 1. The molecule has 2 nitrogen and oxygen atoms in total. The second-order valence-corrected chi connectivity index (χ2v) is 5.39. The maximum absolute atomic E-state index is 12.9. The molecule has 1 aromatic carbocycles. The molecule has 5 heteroatoms. The molecule has 1 heterocycles. The van der Waals surface area contributed by atoms with Gasteiger partial charge in [0, 0.05) is 29.5 Å². The second kappa shape index (κ2) is 5.69. The fourth-order valence-corrected chi connectivity index (χ4v) is 3.06. The van der Waals surface area contributed by atoms with Gasteiger partial charge in [-0.2, -0.15) is 0 Å². The summed E-state index contributed by atoms with van der Waals surface area (Å²) in [6, 6.07) is 8.35. The summed E-state index contributed by atoms with van der Waals surface area (Å²) in [5, 5.41) is 2.61. The molecule has 0 saturated heterocycles. The van der Waals surface area contributed by atoms with Gasteiger partial charge in [0.2, 0.25) is 0 Å². The lowest BCUT2D eigenvalue weighted by Crippen LogP contribution is -2.29. The van der Waals surface area contributed by atoms with E-state index in [0.717, 1.165) is 15.6 Å². The molecular weight excluding hydrogens is 271 g/mol. The van der Waals surface area contributed by atoms with E-state index in [-0.39, 0.29) is 11.9 Å². The van der Waals surface area contributed by atoms with Crippen molar-refractivity contribution in [2.45, 2.75) is 6.04 Å². The zero-order chi connectivity index (χ0) is 13.1. The first-order chi connectivity index (χ1) is 8.61. The third-order valence-corrected chi connectivity index (χ3v) is 4.22. The number of thiophene rings is 1. The van der Waals surface area contributed by atoms with Crippen LogP contribution in [-0.4, -0.2) is 13.6 Å². The number of likely N-dealkylation sites (N-methyl/N-ethyl adjacent to an activating group) is 1. The summed E-state index contributed by atoms with van der Waals surface area (Å²) in [6.45, 7) is 0.477. The highest BCUT2D eigenvalue weighted by Gasteiger charge is 2.17. The summed E-state index contributed by atoms with van der Waals surface area (Å²) >= 11 is 7.52. The Kier molecular flexibility index (Phi) is 4.22. The molecule has 0 aliphatic carbocycles. The van der Waals surface area contributed by atoms with Crippen molar-refractivity contribution in [2.24, 2.45) is 5.73 Å². The van der Waals surface area contributed by atoms with E-state index in [0.29, 0.717) is 6.54 Å². The van der Waals surface area contributed by atoms with Crippen molar-refractivity contribution < 1.29 is 4.39 Å². The molecule has 0 aliphatic rings. The smallest absolute Gasteiger partial charge is 0.123 e. The van der Waals surface area contributed by atoms with E-state index in [2.05, 4.69) is 0 Å². The highest BCUT2D eigenvalue weighted by atomic mass is 35.5. The highest BCUT2D eigenvalue weighted by Crippen LogP contribution is 2.30. The van der Waals surface area contributed by atoms with Gasteiger partial charge >= 0.3 is 0 Å². The third kappa shape index (κ3) is 2.83. The maximum atomic E-state index is 12.9. The van der Waals surface area contributed by atoms with Gasteiger partial charge in [-0.3, -0.25) is 0 Å². The average molecular weight is 285 g/mol. The van der Waals surface area contributed by atoms with Crippen molar-refractivity contribution in [1.82, 2.24) is 0 Å². The van der Waals surface area contributed by atoms with Crippen LogP contribution in [0.4, 0.5) is 10.1 Å². The van der Waals surface area contributed by atoms with Gasteiger partial charge in [-0.25, -0.2) is 4.39 Å². The van der Waals surface area contributed by atoms with Crippen LogP contribution in [0.5, 0.6) is 0 Å². The summed E-state index contributed by atoms with van der Waals surface area (Å²) < 4.78 is 12.9. The predicted octanol–water partition coefficient (Wildman–Crippen LogP) is 3.68. The van der Waals surface area contributed by atoms with Gasteiger partial charge in [-0.05, 0) is 30.3 Å². The first kappa shape index (κ1) is 13.3. The van der Waals surface area contributed by atoms with Crippen LogP contribution in [-0.2, 0) is 0 Å². The van der Waals surface area contributed by atoms with Crippen molar-refractivity contribution in [3.8, 4) is 0 Å². The van der Waals surface area contributed by atoms with Crippen molar-refractivity contribution >= 4 is 28.6 Å². The van der Waals surface area contributed by atoms with Crippen molar-refractivity contribution in [3.05, 3.63) is 51.4 Å². The molecule has 0 spiro atoms. The summed E-state index contributed by atoms with van der Waals surface area (Å²) in [6.07, 6.45) is 0. The largest absolute Gasteiger partial charge is 0.365 e. The van der Waals surface area contributed by atoms with Crippen LogP contribution in [0.2, 0.25) is 5.02 Å². The lowest BCUT2D eigenvalue weighted by atomic mass is 10.2. The quantitative estimate of drug-likeness (QED) is 0.928. The minimum atomic E-state index is -0.240. The fourth-order valence-electron chi connectivity index (χ4n) is 1.82. The van der Waals surface area contributed by atoms with E-state index in [1.165, 1.54) is 12.1 Å². The van der Waals surface area contributed by atoms with Crippen LogP contribution in [0, 0.1) is 5.82 Å². The molecule has 0 bridgehead atoms. The van der Waals surface area contributed by atoms with Gasteiger partial charge in [0.15, 0.2) is 0 Å². The van der Waals surface area contributed by atoms with E-state index >= 15 is 0 Å².